The van der Waals surface area contributed by atoms with Gasteiger partial charge in [-0.05, 0) is 39.8 Å². The number of aromatic nitrogens is 1. The monoisotopic (exact) mass is 274 g/mol. The summed E-state index contributed by atoms with van der Waals surface area (Å²) in [6.07, 6.45) is -1.32. The highest BCUT2D eigenvalue weighted by atomic mass is 32.2. The molecule has 1 heterocycles. The van der Waals surface area contributed by atoms with E-state index < -0.39 is 22.5 Å². The molecular formula is C12H16F2N2OS. The molecule has 0 aliphatic rings. The molecule has 0 aliphatic heterocycles. The number of pyridine rings is 1. The first kappa shape index (κ1) is 15.0. The lowest BCUT2D eigenvalue weighted by molar-refractivity contribution is 0.146. The summed E-state index contributed by atoms with van der Waals surface area (Å²) in [6, 6.07) is 2.84. The van der Waals surface area contributed by atoms with Gasteiger partial charge in [0.2, 0.25) is 0 Å². The minimum atomic E-state index is -2.62. The van der Waals surface area contributed by atoms with Gasteiger partial charge < -0.3 is 4.55 Å². The molecule has 0 N–H and O–H groups in total. The fourth-order valence-corrected chi connectivity index (χ4v) is 1.73. The van der Waals surface area contributed by atoms with Gasteiger partial charge in [0, 0.05) is 11.8 Å². The maximum absolute atomic E-state index is 12.5. The number of hydrogen-bond donors (Lipinski definition) is 0. The molecule has 0 spiro atoms. The lowest BCUT2D eigenvalue weighted by Gasteiger charge is -2.18. The van der Waals surface area contributed by atoms with Gasteiger partial charge in [0.15, 0.2) is 0 Å². The molecule has 1 unspecified atom stereocenters. The van der Waals surface area contributed by atoms with Gasteiger partial charge in [0.05, 0.1) is 5.71 Å². The Kier molecular flexibility index (Phi) is 4.81. The lowest BCUT2D eigenvalue weighted by Crippen LogP contribution is -2.26. The smallest absolute Gasteiger partial charge is 0.280 e. The third-order valence-corrected chi connectivity index (χ3v) is 3.65. The summed E-state index contributed by atoms with van der Waals surface area (Å²) in [7, 11) is 0. The Morgan fingerprint density at radius 2 is 2.06 bits per heavy atom. The van der Waals surface area contributed by atoms with Crippen molar-refractivity contribution in [2.45, 2.75) is 38.9 Å². The molecule has 1 aromatic heterocycles. The summed E-state index contributed by atoms with van der Waals surface area (Å²) < 4.78 is 40.4. The summed E-state index contributed by atoms with van der Waals surface area (Å²) in [6.45, 7) is 7.05. The second-order valence-corrected chi connectivity index (χ2v) is 6.71. The maximum Gasteiger partial charge on any atom is 0.280 e. The molecule has 3 nitrogen and oxygen atoms in total. The van der Waals surface area contributed by atoms with Crippen molar-refractivity contribution in [3.8, 4) is 0 Å². The van der Waals surface area contributed by atoms with E-state index in [0.29, 0.717) is 11.3 Å². The average molecular weight is 274 g/mol. The van der Waals surface area contributed by atoms with Crippen LogP contribution in [0.2, 0.25) is 0 Å². The van der Waals surface area contributed by atoms with Crippen LogP contribution in [-0.2, 0) is 11.4 Å². The van der Waals surface area contributed by atoms with Crippen molar-refractivity contribution in [2.75, 3.05) is 0 Å². The van der Waals surface area contributed by atoms with Gasteiger partial charge in [-0.25, -0.2) is 8.78 Å². The van der Waals surface area contributed by atoms with E-state index in [0.717, 1.165) is 0 Å². The van der Waals surface area contributed by atoms with E-state index in [1.54, 1.807) is 33.8 Å². The van der Waals surface area contributed by atoms with Crippen molar-refractivity contribution in [1.82, 2.24) is 4.98 Å². The predicted molar refractivity (Wildman–Crippen MR) is 69.3 cm³/mol. The molecule has 100 valence electrons. The molecule has 0 aliphatic carbocycles. The van der Waals surface area contributed by atoms with Gasteiger partial charge in [0.1, 0.15) is 21.8 Å². The van der Waals surface area contributed by atoms with Crippen LogP contribution in [0.25, 0.3) is 0 Å². The molecule has 1 rings (SSSR count). The van der Waals surface area contributed by atoms with Crippen molar-refractivity contribution in [1.29, 1.82) is 0 Å². The van der Waals surface area contributed by atoms with Crippen LogP contribution in [0.3, 0.4) is 0 Å². The van der Waals surface area contributed by atoms with E-state index in [9.17, 15) is 13.3 Å². The largest absolute Gasteiger partial charge is 0.591 e. The molecule has 0 saturated carbocycles. The molecule has 0 aromatic carbocycles. The zero-order valence-electron chi connectivity index (χ0n) is 10.8. The van der Waals surface area contributed by atoms with Crippen LogP contribution >= 0.6 is 0 Å². The molecule has 0 fully saturated rings. The van der Waals surface area contributed by atoms with E-state index >= 15 is 0 Å². The Bertz CT molecular complexity index is 444. The van der Waals surface area contributed by atoms with Gasteiger partial charge in [0.25, 0.3) is 6.43 Å². The van der Waals surface area contributed by atoms with E-state index in [4.69, 9.17) is 0 Å². The fraction of sp³-hybridized carbons (Fsp3) is 0.500. The predicted octanol–water partition coefficient (Wildman–Crippen LogP) is 3.29. The van der Waals surface area contributed by atoms with Crippen LogP contribution in [-0.4, -0.2) is 20.0 Å². The molecule has 0 radical (unpaired) electrons. The van der Waals surface area contributed by atoms with Crippen LogP contribution in [0.4, 0.5) is 8.78 Å². The Balaban J connectivity index is 3.00. The first-order valence-corrected chi connectivity index (χ1v) is 6.54. The van der Waals surface area contributed by atoms with Crippen LogP contribution in [0.5, 0.6) is 0 Å². The van der Waals surface area contributed by atoms with Crippen molar-refractivity contribution >= 4 is 17.1 Å². The number of hydrogen-bond acceptors (Lipinski definition) is 3. The summed E-state index contributed by atoms with van der Waals surface area (Å²) >= 11 is -1.41. The third kappa shape index (κ3) is 4.03. The van der Waals surface area contributed by atoms with Crippen molar-refractivity contribution in [3.05, 3.63) is 29.6 Å². The molecule has 0 bridgehead atoms. The molecule has 0 saturated heterocycles. The quantitative estimate of drug-likeness (QED) is 0.627. The van der Waals surface area contributed by atoms with E-state index in [1.165, 1.54) is 12.3 Å². The minimum absolute atomic E-state index is 0.302. The van der Waals surface area contributed by atoms with Gasteiger partial charge in [-0.15, -0.1) is 0 Å². The number of nitrogens with zero attached hydrogens (tertiary/aromatic N) is 2. The van der Waals surface area contributed by atoms with Crippen LogP contribution in [0.15, 0.2) is 22.7 Å². The van der Waals surface area contributed by atoms with Gasteiger partial charge in [-0.1, -0.05) is 4.40 Å². The first-order chi connectivity index (χ1) is 8.21. The fourth-order valence-electron chi connectivity index (χ4n) is 1.11. The zero-order valence-corrected chi connectivity index (χ0v) is 11.6. The lowest BCUT2D eigenvalue weighted by atomic mass is 10.1. The minimum Gasteiger partial charge on any atom is -0.591 e. The van der Waals surface area contributed by atoms with E-state index in [-0.39, 0.29) is 5.69 Å². The van der Waals surface area contributed by atoms with E-state index in [2.05, 4.69) is 9.38 Å². The van der Waals surface area contributed by atoms with Crippen LogP contribution in [0.1, 0.15) is 45.4 Å². The maximum atomic E-state index is 12.5. The van der Waals surface area contributed by atoms with Gasteiger partial charge >= 0.3 is 0 Å². The zero-order chi connectivity index (χ0) is 13.9. The average Bonchev–Trinajstić information content (AvgIpc) is 2.27. The second-order valence-electron chi connectivity index (χ2n) is 4.81. The summed E-state index contributed by atoms with van der Waals surface area (Å²) in [5, 5.41) is 0. The third-order valence-electron chi connectivity index (χ3n) is 2.17. The molecule has 18 heavy (non-hydrogen) atoms. The molecule has 1 aromatic rings. The Hall–Kier alpha value is -1.01. The van der Waals surface area contributed by atoms with Crippen molar-refractivity contribution in [3.63, 3.8) is 0 Å². The van der Waals surface area contributed by atoms with Crippen molar-refractivity contribution < 1.29 is 13.3 Å². The second kappa shape index (κ2) is 5.75. The SMILES string of the molecule is CC(=N[S+]([O-])C(C)(C)C)c1ccnc(C(F)F)c1. The van der Waals surface area contributed by atoms with Gasteiger partial charge in [-0.2, -0.15) is 0 Å². The Morgan fingerprint density at radius 3 is 2.56 bits per heavy atom. The van der Waals surface area contributed by atoms with Crippen LogP contribution in [0, 0.1) is 0 Å². The van der Waals surface area contributed by atoms with Gasteiger partial charge in [-0.3, -0.25) is 4.98 Å². The summed E-state index contributed by atoms with van der Waals surface area (Å²) in [4.78, 5) is 3.57. The standard InChI is InChI=1S/C12H16F2N2OS/c1-8(16-18(17)12(2,3)4)9-5-6-15-10(7-9)11(13)14/h5-7,11H,1-4H3. The first-order valence-electron chi connectivity index (χ1n) is 5.43. The highest BCUT2D eigenvalue weighted by molar-refractivity contribution is 7.91. The normalized spacial score (nSPS) is 15.0. The van der Waals surface area contributed by atoms with Crippen LogP contribution < -0.4 is 0 Å². The number of alkyl halides is 2. The van der Waals surface area contributed by atoms with Crippen molar-refractivity contribution in [2.24, 2.45) is 4.40 Å². The molecule has 6 heteroatoms. The Morgan fingerprint density at radius 1 is 1.44 bits per heavy atom. The topological polar surface area (TPSA) is 48.3 Å². The number of halogens is 2. The molecular weight excluding hydrogens is 258 g/mol. The number of rotatable bonds is 3. The summed E-state index contributed by atoms with van der Waals surface area (Å²) in [5.74, 6) is 0. The highest BCUT2D eigenvalue weighted by Crippen LogP contribution is 2.20. The highest BCUT2D eigenvalue weighted by Gasteiger charge is 2.26. The Labute approximate surface area is 109 Å². The summed E-state index contributed by atoms with van der Waals surface area (Å²) in [5.41, 5.74) is 0.675. The molecule has 0 amide bonds. The molecule has 1 atom stereocenters. The van der Waals surface area contributed by atoms with E-state index in [1.807, 2.05) is 0 Å².